The van der Waals surface area contributed by atoms with E-state index in [9.17, 15) is 5.26 Å². The molecule has 1 saturated carbocycles. The third-order valence-corrected chi connectivity index (χ3v) is 6.36. The summed E-state index contributed by atoms with van der Waals surface area (Å²) >= 11 is 0. The van der Waals surface area contributed by atoms with Gasteiger partial charge in [0, 0.05) is 14.2 Å². The Hall–Kier alpha value is -3.04. The molecule has 6 heteroatoms. The molecule has 0 amide bonds. The second kappa shape index (κ2) is 8.37. The summed E-state index contributed by atoms with van der Waals surface area (Å²) in [5, 5.41) is 10.8. The highest BCUT2D eigenvalue weighted by molar-refractivity contribution is 5.78. The predicted octanol–water partition coefficient (Wildman–Crippen LogP) is 4.04. The topological polar surface area (TPSA) is 83.9 Å². The lowest BCUT2D eigenvalue weighted by atomic mass is 9.77. The van der Waals surface area contributed by atoms with E-state index in [0.29, 0.717) is 17.6 Å². The van der Waals surface area contributed by atoms with Gasteiger partial charge in [-0.2, -0.15) is 10.3 Å². The van der Waals surface area contributed by atoms with Gasteiger partial charge in [-0.15, -0.1) is 0 Å². The van der Waals surface area contributed by atoms with E-state index in [4.69, 9.17) is 20.3 Å². The lowest BCUT2D eigenvalue weighted by molar-refractivity contribution is 0.0399. The number of benzene rings is 2. The number of nitriles is 1. The molecular weight excluding hydrogens is 376 g/mol. The highest BCUT2D eigenvalue weighted by Gasteiger charge is 2.36. The molecule has 6 nitrogen and oxygen atoms in total. The van der Waals surface area contributed by atoms with E-state index in [1.807, 2.05) is 24.3 Å². The molecule has 0 aromatic heterocycles. The minimum absolute atomic E-state index is 0.169. The van der Waals surface area contributed by atoms with Crippen LogP contribution in [0.25, 0.3) is 11.1 Å². The van der Waals surface area contributed by atoms with Gasteiger partial charge in [0.2, 0.25) is 5.96 Å². The number of hydroxylamine groups is 2. The number of aliphatic imine (C=N–C) groups is 1. The number of hydrogen-bond donors (Lipinski definition) is 1. The van der Waals surface area contributed by atoms with Gasteiger partial charge in [0.15, 0.2) is 5.75 Å². The van der Waals surface area contributed by atoms with E-state index >= 15 is 0 Å². The van der Waals surface area contributed by atoms with Crippen LogP contribution in [0.2, 0.25) is 0 Å². The van der Waals surface area contributed by atoms with Crippen LogP contribution >= 0.6 is 0 Å². The van der Waals surface area contributed by atoms with Crippen molar-refractivity contribution in [2.75, 3.05) is 14.2 Å². The Labute approximate surface area is 177 Å². The van der Waals surface area contributed by atoms with E-state index in [1.165, 1.54) is 0 Å². The van der Waals surface area contributed by atoms with Gasteiger partial charge in [-0.3, -0.25) is 0 Å². The van der Waals surface area contributed by atoms with Crippen LogP contribution in [0.15, 0.2) is 47.5 Å². The summed E-state index contributed by atoms with van der Waals surface area (Å²) in [4.78, 5) is 11.0. The first kappa shape index (κ1) is 20.2. The number of aryl methyl sites for hydroxylation is 1. The third kappa shape index (κ3) is 4.12. The van der Waals surface area contributed by atoms with Crippen LogP contribution in [0.1, 0.15) is 43.2 Å². The van der Waals surface area contributed by atoms with Crippen molar-refractivity contribution in [2.24, 2.45) is 10.7 Å². The van der Waals surface area contributed by atoms with Crippen LogP contribution in [-0.4, -0.2) is 36.8 Å². The Morgan fingerprint density at radius 2 is 1.93 bits per heavy atom. The fourth-order valence-electron chi connectivity index (χ4n) is 4.45. The maximum absolute atomic E-state index is 9.20. The first-order valence-electron chi connectivity index (χ1n) is 10.5. The van der Waals surface area contributed by atoms with E-state index < -0.39 is 0 Å². The molecule has 0 bridgehead atoms. The molecular formula is C24H28N4O2. The quantitative estimate of drug-likeness (QED) is 0.817. The van der Waals surface area contributed by atoms with Gasteiger partial charge in [0.1, 0.15) is 0 Å². The van der Waals surface area contributed by atoms with Crippen molar-refractivity contribution in [3.05, 3.63) is 53.6 Å². The lowest BCUT2D eigenvalue weighted by Crippen LogP contribution is -2.42. The molecule has 2 aromatic rings. The number of guanidine groups is 1. The van der Waals surface area contributed by atoms with E-state index in [0.717, 1.165) is 61.0 Å². The Morgan fingerprint density at radius 1 is 1.17 bits per heavy atom. The van der Waals surface area contributed by atoms with Crippen molar-refractivity contribution in [1.82, 2.24) is 5.06 Å². The third-order valence-electron chi connectivity index (χ3n) is 6.36. The number of rotatable bonds is 2. The summed E-state index contributed by atoms with van der Waals surface area (Å²) in [6, 6.07) is 16.0. The van der Waals surface area contributed by atoms with Gasteiger partial charge >= 0.3 is 0 Å². The molecule has 2 aromatic carbocycles. The second-order valence-corrected chi connectivity index (χ2v) is 8.23. The SMILES string of the molecule is COC1CCC2(CCc3ccc(-c4cccc(C#N)c4)cc3ON(C)C(N)=N2)CC1. The minimum Gasteiger partial charge on any atom is -0.381 e. The van der Waals surface area contributed by atoms with Crippen molar-refractivity contribution >= 4 is 5.96 Å². The standard InChI is InChI=1S/C24H28N4O2/c1-28-23(26)27-24(12-9-21(29-2)10-13-24)11-8-18-6-7-20(15-22(18)30-28)19-5-3-4-17(14-19)16-25/h3-7,14-15,21H,8-13H2,1-2H3,(H2,26,27). The number of ether oxygens (including phenoxy) is 1. The summed E-state index contributed by atoms with van der Waals surface area (Å²) in [6.45, 7) is 0. The monoisotopic (exact) mass is 404 g/mol. The summed E-state index contributed by atoms with van der Waals surface area (Å²) < 4.78 is 5.55. The van der Waals surface area contributed by atoms with Crippen molar-refractivity contribution in [3.63, 3.8) is 0 Å². The number of fused-ring (bicyclic) bond motifs is 1. The smallest absolute Gasteiger partial charge is 0.225 e. The molecule has 1 spiro atoms. The Kier molecular flexibility index (Phi) is 5.65. The van der Waals surface area contributed by atoms with Crippen molar-refractivity contribution in [1.29, 1.82) is 5.26 Å². The normalized spacial score (nSPS) is 24.0. The van der Waals surface area contributed by atoms with Crippen LogP contribution < -0.4 is 10.6 Å². The van der Waals surface area contributed by atoms with Crippen molar-refractivity contribution < 1.29 is 9.57 Å². The molecule has 0 saturated heterocycles. The zero-order chi connectivity index (χ0) is 21.1. The molecule has 0 atom stereocenters. The molecule has 1 aliphatic carbocycles. The Morgan fingerprint density at radius 3 is 2.67 bits per heavy atom. The lowest BCUT2D eigenvalue weighted by Gasteiger charge is -2.37. The molecule has 2 aliphatic rings. The molecule has 1 aliphatic heterocycles. The summed E-state index contributed by atoms with van der Waals surface area (Å²) in [7, 11) is 3.58. The van der Waals surface area contributed by atoms with Crippen molar-refractivity contribution in [3.8, 4) is 22.9 Å². The molecule has 30 heavy (non-hydrogen) atoms. The van der Waals surface area contributed by atoms with Crippen LogP contribution in [0.5, 0.6) is 5.75 Å². The van der Waals surface area contributed by atoms with Crippen LogP contribution in [0.4, 0.5) is 0 Å². The average molecular weight is 405 g/mol. The zero-order valence-corrected chi connectivity index (χ0v) is 17.6. The molecule has 0 radical (unpaired) electrons. The molecule has 1 heterocycles. The highest BCUT2D eigenvalue weighted by Crippen LogP contribution is 2.39. The molecule has 156 valence electrons. The maximum atomic E-state index is 9.20. The van der Waals surface area contributed by atoms with Crippen LogP contribution in [-0.2, 0) is 11.2 Å². The second-order valence-electron chi connectivity index (χ2n) is 8.23. The molecule has 2 N–H and O–H groups in total. The average Bonchev–Trinajstić information content (AvgIpc) is 2.82. The Balaban J connectivity index is 1.65. The van der Waals surface area contributed by atoms with E-state index in [-0.39, 0.29) is 5.54 Å². The fourth-order valence-corrected chi connectivity index (χ4v) is 4.45. The number of nitrogens with zero attached hydrogens (tertiary/aromatic N) is 3. The number of nitrogens with two attached hydrogens (primary N) is 1. The van der Waals surface area contributed by atoms with Gasteiger partial charge in [-0.25, -0.2) is 4.99 Å². The van der Waals surface area contributed by atoms with E-state index in [2.05, 4.69) is 18.2 Å². The number of hydrogen-bond acceptors (Lipinski definition) is 6. The summed E-state index contributed by atoms with van der Waals surface area (Å²) in [5.74, 6) is 1.17. The molecule has 1 fully saturated rings. The van der Waals surface area contributed by atoms with E-state index in [1.54, 1.807) is 25.3 Å². The van der Waals surface area contributed by atoms with Crippen LogP contribution in [0.3, 0.4) is 0 Å². The Bertz CT molecular complexity index is 987. The first-order valence-corrected chi connectivity index (χ1v) is 10.5. The van der Waals surface area contributed by atoms with Gasteiger partial charge in [-0.05, 0) is 73.4 Å². The zero-order valence-electron chi connectivity index (χ0n) is 17.6. The largest absolute Gasteiger partial charge is 0.381 e. The minimum atomic E-state index is -0.169. The molecule has 0 unspecified atom stereocenters. The maximum Gasteiger partial charge on any atom is 0.225 e. The fraction of sp³-hybridized carbons (Fsp3) is 0.417. The summed E-state index contributed by atoms with van der Waals surface area (Å²) in [6.07, 6.45) is 6.04. The van der Waals surface area contributed by atoms with Gasteiger partial charge in [0.05, 0.1) is 23.3 Å². The number of methoxy groups -OCH3 is 1. The van der Waals surface area contributed by atoms with Gasteiger partial charge < -0.3 is 15.3 Å². The van der Waals surface area contributed by atoms with Gasteiger partial charge in [-0.1, -0.05) is 24.3 Å². The van der Waals surface area contributed by atoms with Crippen LogP contribution in [0, 0.1) is 11.3 Å². The first-order chi connectivity index (χ1) is 14.5. The van der Waals surface area contributed by atoms with Crippen molar-refractivity contribution in [2.45, 2.75) is 50.2 Å². The molecule has 4 rings (SSSR count). The summed E-state index contributed by atoms with van der Waals surface area (Å²) in [5.41, 5.74) is 9.92. The van der Waals surface area contributed by atoms with Gasteiger partial charge in [0.25, 0.3) is 0 Å². The predicted molar refractivity (Wildman–Crippen MR) is 117 cm³/mol. The highest BCUT2D eigenvalue weighted by atomic mass is 16.7.